The number of amides is 1. The summed E-state index contributed by atoms with van der Waals surface area (Å²) in [6.45, 7) is 2.77. The zero-order valence-corrected chi connectivity index (χ0v) is 15.5. The van der Waals surface area contributed by atoms with Crippen molar-refractivity contribution in [2.75, 3.05) is 38.4 Å². The van der Waals surface area contributed by atoms with Gasteiger partial charge in [0.25, 0.3) is 5.91 Å². The van der Waals surface area contributed by atoms with Gasteiger partial charge in [-0.1, -0.05) is 0 Å². The third-order valence-electron chi connectivity index (χ3n) is 5.24. The first-order valence-electron chi connectivity index (χ1n) is 9.61. The van der Waals surface area contributed by atoms with Gasteiger partial charge in [0.15, 0.2) is 23.0 Å². The lowest BCUT2D eigenvalue weighted by Crippen LogP contribution is -2.45. The van der Waals surface area contributed by atoms with Gasteiger partial charge in [0.2, 0.25) is 6.79 Å². The molecule has 0 spiro atoms. The van der Waals surface area contributed by atoms with Gasteiger partial charge in [-0.2, -0.15) is 0 Å². The number of ether oxygens (including phenoxy) is 4. The topological polar surface area (TPSA) is 69.3 Å². The Balaban J connectivity index is 1.26. The van der Waals surface area contributed by atoms with Gasteiger partial charge in [-0.15, -0.1) is 0 Å². The lowest BCUT2D eigenvalue weighted by atomic mass is 10.0. The summed E-state index contributed by atoms with van der Waals surface area (Å²) >= 11 is 0. The van der Waals surface area contributed by atoms with Crippen LogP contribution in [0.2, 0.25) is 0 Å². The Labute approximate surface area is 163 Å². The summed E-state index contributed by atoms with van der Waals surface area (Å²) in [5.74, 6) is 2.88. The molecule has 0 aromatic heterocycles. The molecule has 3 aliphatic rings. The summed E-state index contributed by atoms with van der Waals surface area (Å²) in [4.78, 5) is 14.9. The van der Waals surface area contributed by atoms with Crippen molar-refractivity contribution in [3.63, 3.8) is 0 Å². The molecule has 146 valence electrons. The van der Waals surface area contributed by atoms with Crippen molar-refractivity contribution >= 4 is 11.6 Å². The van der Waals surface area contributed by atoms with Crippen molar-refractivity contribution in [3.8, 4) is 23.0 Å². The molecule has 1 amide bonds. The van der Waals surface area contributed by atoms with Gasteiger partial charge in [0, 0.05) is 36.4 Å². The first-order valence-corrected chi connectivity index (χ1v) is 9.61. The van der Waals surface area contributed by atoms with Crippen molar-refractivity contribution in [3.05, 3.63) is 42.0 Å². The minimum absolute atomic E-state index is 0.0203. The van der Waals surface area contributed by atoms with Crippen LogP contribution in [0, 0.1) is 0 Å². The fraction of sp³-hybridized carbons (Fsp3) is 0.381. The molecule has 0 radical (unpaired) electrons. The minimum atomic E-state index is 0.0203. The predicted octanol–water partition coefficient (Wildman–Crippen LogP) is 2.90. The standard InChI is InChI=1S/C21H22N2O5/c24-21(14-3-5-18-19(10-14)28-13-27-18)23-7-1-2-16(12-23)22-15-4-6-17-20(11-15)26-9-8-25-17/h3-6,10-11,16,22H,1-2,7-9,12-13H2. The smallest absolute Gasteiger partial charge is 0.254 e. The number of anilines is 1. The third kappa shape index (κ3) is 3.28. The second-order valence-corrected chi connectivity index (χ2v) is 7.16. The summed E-state index contributed by atoms with van der Waals surface area (Å²) in [5, 5.41) is 3.53. The van der Waals surface area contributed by atoms with E-state index >= 15 is 0 Å². The van der Waals surface area contributed by atoms with E-state index in [9.17, 15) is 4.79 Å². The van der Waals surface area contributed by atoms with Crippen molar-refractivity contribution in [2.24, 2.45) is 0 Å². The van der Waals surface area contributed by atoms with E-state index in [-0.39, 0.29) is 18.7 Å². The summed E-state index contributed by atoms with van der Waals surface area (Å²) in [7, 11) is 0. The maximum atomic E-state index is 13.0. The monoisotopic (exact) mass is 382 g/mol. The molecule has 0 bridgehead atoms. The second-order valence-electron chi connectivity index (χ2n) is 7.16. The zero-order valence-electron chi connectivity index (χ0n) is 15.5. The number of likely N-dealkylation sites (tertiary alicyclic amines) is 1. The molecule has 1 atom stereocenters. The predicted molar refractivity (Wildman–Crippen MR) is 103 cm³/mol. The van der Waals surface area contributed by atoms with E-state index < -0.39 is 0 Å². The molecule has 0 aliphatic carbocycles. The molecule has 7 heteroatoms. The van der Waals surface area contributed by atoms with Gasteiger partial charge in [-0.3, -0.25) is 4.79 Å². The third-order valence-corrected chi connectivity index (χ3v) is 5.24. The van der Waals surface area contributed by atoms with Crippen LogP contribution in [0.1, 0.15) is 23.2 Å². The van der Waals surface area contributed by atoms with Crippen LogP contribution in [0.4, 0.5) is 5.69 Å². The summed E-state index contributed by atoms with van der Waals surface area (Å²) in [6.07, 6.45) is 1.97. The highest BCUT2D eigenvalue weighted by Crippen LogP contribution is 2.34. The molecule has 28 heavy (non-hydrogen) atoms. The largest absolute Gasteiger partial charge is 0.486 e. The Morgan fingerprint density at radius 2 is 1.68 bits per heavy atom. The molecular formula is C21H22N2O5. The van der Waals surface area contributed by atoms with Crippen LogP contribution in [0.3, 0.4) is 0 Å². The van der Waals surface area contributed by atoms with E-state index in [1.54, 1.807) is 18.2 Å². The van der Waals surface area contributed by atoms with Crippen molar-refractivity contribution in [2.45, 2.75) is 18.9 Å². The molecule has 5 rings (SSSR count). The van der Waals surface area contributed by atoms with Crippen LogP contribution in [0.15, 0.2) is 36.4 Å². The molecular weight excluding hydrogens is 360 g/mol. The van der Waals surface area contributed by atoms with E-state index in [2.05, 4.69) is 5.32 Å². The van der Waals surface area contributed by atoms with Gasteiger partial charge in [-0.25, -0.2) is 0 Å². The summed E-state index contributed by atoms with van der Waals surface area (Å²) < 4.78 is 21.9. The van der Waals surface area contributed by atoms with Crippen molar-refractivity contribution in [1.82, 2.24) is 4.90 Å². The SMILES string of the molecule is O=C(c1ccc2c(c1)OCO2)N1CCCC(Nc2ccc3c(c2)OCCO3)C1. The molecule has 3 heterocycles. The maximum absolute atomic E-state index is 13.0. The molecule has 2 aromatic rings. The van der Waals surface area contributed by atoms with Gasteiger partial charge in [0.1, 0.15) is 13.2 Å². The van der Waals surface area contributed by atoms with E-state index in [0.717, 1.165) is 36.6 Å². The second kappa shape index (κ2) is 7.14. The molecule has 3 aliphatic heterocycles. The van der Waals surface area contributed by atoms with Gasteiger partial charge in [-0.05, 0) is 43.2 Å². The van der Waals surface area contributed by atoms with Crippen molar-refractivity contribution < 1.29 is 23.7 Å². The zero-order chi connectivity index (χ0) is 18.9. The lowest BCUT2D eigenvalue weighted by Gasteiger charge is -2.34. The highest BCUT2D eigenvalue weighted by atomic mass is 16.7. The number of carbonyl (C=O) groups excluding carboxylic acids is 1. The number of nitrogens with zero attached hydrogens (tertiary/aromatic N) is 1. The van der Waals surface area contributed by atoms with Crippen LogP contribution in [0.25, 0.3) is 0 Å². The quantitative estimate of drug-likeness (QED) is 0.880. The normalized spacial score (nSPS) is 20.0. The molecule has 1 N–H and O–H groups in total. The Morgan fingerprint density at radius 1 is 0.929 bits per heavy atom. The minimum Gasteiger partial charge on any atom is -0.486 e. The van der Waals surface area contributed by atoms with Gasteiger partial charge in [0.05, 0.1) is 0 Å². The number of hydrogen-bond donors (Lipinski definition) is 1. The number of hydrogen-bond acceptors (Lipinski definition) is 6. The summed E-state index contributed by atoms with van der Waals surface area (Å²) in [5.41, 5.74) is 1.61. The molecule has 7 nitrogen and oxygen atoms in total. The number of nitrogens with one attached hydrogen (secondary N) is 1. The molecule has 1 saturated heterocycles. The Kier molecular flexibility index (Phi) is 4.35. The number of fused-ring (bicyclic) bond motifs is 2. The van der Waals surface area contributed by atoms with E-state index in [0.29, 0.717) is 36.8 Å². The first kappa shape index (κ1) is 17.0. The van der Waals surface area contributed by atoms with Crippen LogP contribution in [0.5, 0.6) is 23.0 Å². The number of benzene rings is 2. The highest BCUT2D eigenvalue weighted by Gasteiger charge is 2.26. The summed E-state index contributed by atoms with van der Waals surface area (Å²) in [6, 6.07) is 11.4. The van der Waals surface area contributed by atoms with Crippen LogP contribution >= 0.6 is 0 Å². The van der Waals surface area contributed by atoms with E-state index in [1.165, 1.54) is 0 Å². The maximum Gasteiger partial charge on any atom is 0.254 e. The lowest BCUT2D eigenvalue weighted by molar-refractivity contribution is 0.0714. The molecule has 1 unspecified atom stereocenters. The number of carbonyl (C=O) groups is 1. The molecule has 2 aromatic carbocycles. The number of piperidine rings is 1. The average molecular weight is 382 g/mol. The van der Waals surface area contributed by atoms with Crippen LogP contribution in [-0.4, -0.2) is 49.9 Å². The van der Waals surface area contributed by atoms with Gasteiger partial charge < -0.3 is 29.2 Å². The van der Waals surface area contributed by atoms with Crippen molar-refractivity contribution in [1.29, 1.82) is 0 Å². The Hall–Kier alpha value is -3.09. The molecule has 1 fully saturated rings. The number of rotatable bonds is 3. The fourth-order valence-corrected chi connectivity index (χ4v) is 3.86. The van der Waals surface area contributed by atoms with E-state index in [1.807, 2.05) is 23.1 Å². The Bertz CT molecular complexity index is 900. The van der Waals surface area contributed by atoms with Gasteiger partial charge >= 0.3 is 0 Å². The van der Waals surface area contributed by atoms with E-state index in [4.69, 9.17) is 18.9 Å². The average Bonchev–Trinajstić information content (AvgIpc) is 3.21. The van der Waals surface area contributed by atoms with Crippen LogP contribution < -0.4 is 24.3 Å². The Morgan fingerprint density at radius 3 is 2.61 bits per heavy atom. The fourth-order valence-electron chi connectivity index (χ4n) is 3.86. The van der Waals surface area contributed by atoms with Crippen LogP contribution in [-0.2, 0) is 0 Å². The highest BCUT2D eigenvalue weighted by molar-refractivity contribution is 5.95. The first-order chi connectivity index (χ1) is 13.8. The molecule has 0 saturated carbocycles.